The van der Waals surface area contributed by atoms with Gasteiger partial charge in [-0.05, 0) is 13.0 Å². The lowest BCUT2D eigenvalue weighted by Gasteiger charge is -2.13. The fourth-order valence-electron chi connectivity index (χ4n) is 1.78. The Morgan fingerprint density at radius 1 is 1.45 bits per heavy atom. The molecule has 0 fully saturated rings. The highest BCUT2D eigenvalue weighted by Crippen LogP contribution is 2.13. The van der Waals surface area contributed by atoms with Crippen molar-refractivity contribution >= 4 is 11.6 Å². The maximum Gasteiger partial charge on any atom is 0.128 e. The molecule has 0 aliphatic carbocycles. The van der Waals surface area contributed by atoms with E-state index in [9.17, 15) is 9.50 Å². The summed E-state index contributed by atoms with van der Waals surface area (Å²) < 4.78 is 20.3. The van der Waals surface area contributed by atoms with E-state index in [1.807, 2.05) is 6.92 Å². The predicted molar refractivity (Wildman–Crippen MR) is 74.0 cm³/mol. The maximum absolute atomic E-state index is 13.3. The molecule has 0 saturated carbocycles. The van der Waals surface area contributed by atoms with E-state index in [4.69, 9.17) is 16.3 Å². The van der Waals surface area contributed by atoms with E-state index >= 15 is 0 Å². The number of hydrogen-bond acceptors (Lipinski definition) is 3. The molecule has 0 aliphatic rings. The van der Waals surface area contributed by atoms with Crippen molar-refractivity contribution in [2.24, 2.45) is 0 Å². The second kappa shape index (κ2) is 6.83. The van der Waals surface area contributed by atoms with Crippen LogP contribution in [0.15, 0.2) is 30.5 Å². The van der Waals surface area contributed by atoms with Gasteiger partial charge in [0.1, 0.15) is 5.82 Å². The molecule has 0 saturated heterocycles. The average molecular weight is 299 g/mol. The maximum atomic E-state index is 13.3. The summed E-state index contributed by atoms with van der Waals surface area (Å²) in [6, 6.07) is 6.40. The molecule has 0 amide bonds. The van der Waals surface area contributed by atoms with E-state index in [0.717, 1.165) is 5.69 Å². The van der Waals surface area contributed by atoms with Crippen molar-refractivity contribution in [2.75, 3.05) is 6.61 Å². The summed E-state index contributed by atoms with van der Waals surface area (Å²) in [5.74, 6) is -0.309. The first-order chi connectivity index (χ1) is 9.58. The standard InChI is InChI=1S/C14H16ClFN2O2/c1-10-13(15)6-17-18(10)7-12(19)9-20-8-11-4-2-3-5-14(11)16/h2-6,12,19H,7-9H2,1H3/t12-/m0/s1. The Balaban J connectivity index is 1.80. The second-order valence-electron chi connectivity index (χ2n) is 4.52. The molecule has 0 spiro atoms. The highest BCUT2D eigenvalue weighted by atomic mass is 35.5. The van der Waals surface area contributed by atoms with Crippen molar-refractivity contribution in [2.45, 2.75) is 26.2 Å². The number of aromatic nitrogens is 2. The molecule has 108 valence electrons. The minimum absolute atomic E-state index is 0.102. The molecule has 0 radical (unpaired) electrons. The van der Waals surface area contributed by atoms with Crippen molar-refractivity contribution in [3.8, 4) is 0 Å². The van der Waals surface area contributed by atoms with E-state index in [2.05, 4.69) is 5.10 Å². The number of nitrogens with zero attached hydrogens (tertiary/aromatic N) is 2. The van der Waals surface area contributed by atoms with E-state index in [-0.39, 0.29) is 25.6 Å². The third kappa shape index (κ3) is 3.79. The largest absolute Gasteiger partial charge is 0.389 e. The molecular weight excluding hydrogens is 283 g/mol. The fourth-order valence-corrected chi connectivity index (χ4v) is 1.92. The molecule has 1 N–H and O–H groups in total. The van der Waals surface area contributed by atoms with Crippen molar-refractivity contribution < 1.29 is 14.2 Å². The van der Waals surface area contributed by atoms with Crippen LogP contribution in [-0.4, -0.2) is 27.6 Å². The van der Waals surface area contributed by atoms with Gasteiger partial charge in [0, 0.05) is 5.56 Å². The Morgan fingerprint density at radius 2 is 2.20 bits per heavy atom. The first-order valence-electron chi connectivity index (χ1n) is 6.25. The van der Waals surface area contributed by atoms with Crippen LogP contribution >= 0.6 is 11.6 Å². The normalized spacial score (nSPS) is 12.6. The van der Waals surface area contributed by atoms with Gasteiger partial charge in [0.05, 0.1) is 42.8 Å². The summed E-state index contributed by atoms with van der Waals surface area (Å²) in [5.41, 5.74) is 1.26. The van der Waals surface area contributed by atoms with Crippen LogP contribution in [-0.2, 0) is 17.9 Å². The summed E-state index contributed by atoms with van der Waals surface area (Å²) in [6.07, 6.45) is 0.806. The Kier molecular flexibility index (Phi) is 5.11. The quantitative estimate of drug-likeness (QED) is 0.891. The average Bonchev–Trinajstić information content (AvgIpc) is 2.73. The van der Waals surface area contributed by atoms with Crippen LogP contribution in [0.5, 0.6) is 0 Å². The summed E-state index contributed by atoms with van der Waals surface area (Å²) in [4.78, 5) is 0. The van der Waals surface area contributed by atoms with Gasteiger partial charge < -0.3 is 9.84 Å². The van der Waals surface area contributed by atoms with Crippen molar-refractivity contribution in [1.82, 2.24) is 9.78 Å². The highest BCUT2D eigenvalue weighted by molar-refractivity contribution is 6.31. The number of aliphatic hydroxyl groups excluding tert-OH is 1. The zero-order valence-corrected chi connectivity index (χ0v) is 11.8. The molecule has 2 rings (SSSR count). The molecule has 1 aromatic carbocycles. The summed E-state index contributed by atoms with van der Waals surface area (Å²) in [5, 5.41) is 14.5. The van der Waals surface area contributed by atoms with Crippen LogP contribution in [0.1, 0.15) is 11.3 Å². The number of benzene rings is 1. The molecule has 0 bridgehead atoms. The highest BCUT2D eigenvalue weighted by Gasteiger charge is 2.10. The van der Waals surface area contributed by atoms with Crippen LogP contribution in [0, 0.1) is 12.7 Å². The fraction of sp³-hybridized carbons (Fsp3) is 0.357. The van der Waals surface area contributed by atoms with Crippen molar-refractivity contribution in [1.29, 1.82) is 0 Å². The number of ether oxygens (including phenoxy) is 1. The number of halogens is 2. The van der Waals surface area contributed by atoms with E-state index < -0.39 is 6.10 Å². The third-order valence-corrected chi connectivity index (χ3v) is 3.32. The summed E-state index contributed by atoms with van der Waals surface area (Å²) in [6.45, 7) is 2.34. The third-order valence-electron chi connectivity index (χ3n) is 2.95. The Bertz CT molecular complexity index is 574. The summed E-state index contributed by atoms with van der Waals surface area (Å²) >= 11 is 5.88. The predicted octanol–water partition coefficient (Wildman–Crippen LogP) is 2.56. The van der Waals surface area contributed by atoms with Gasteiger partial charge in [-0.15, -0.1) is 0 Å². The second-order valence-corrected chi connectivity index (χ2v) is 4.93. The molecule has 20 heavy (non-hydrogen) atoms. The molecule has 2 aromatic rings. The topological polar surface area (TPSA) is 47.3 Å². The number of aliphatic hydroxyl groups is 1. The van der Waals surface area contributed by atoms with Gasteiger partial charge in [-0.3, -0.25) is 4.68 Å². The van der Waals surface area contributed by atoms with Crippen LogP contribution < -0.4 is 0 Å². The Morgan fingerprint density at radius 3 is 2.85 bits per heavy atom. The molecule has 1 heterocycles. The van der Waals surface area contributed by atoms with Gasteiger partial charge in [0.15, 0.2) is 0 Å². The lowest BCUT2D eigenvalue weighted by Crippen LogP contribution is -2.23. The number of rotatable bonds is 6. The zero-order valence-electron chi connectivity index (χ0n) is 11.1. The monoisotopic (exact) mass is 298 g/mol. The molecule has 1 aromatic heterocycles. The zero-order chi connectivity index (χ0) is 14.5. The Hall–Kier alpha value is -1.43. The summed E-state index contributed by atoms with van der Waals surface area (Å²) in [7, 11) is 0. The van der Waals surface area contributed by atoms with Crippen LogP contribution in [0.4, 0.5) is 4.39 Å². The van der Waals surface area contributed by atoms with E-state index in [1.165, 1.54) is 12.3 Å². The van der Waals surface area contributed by atoms with Crippen LogP contribution in [0.2, 0.25) is 5.02 Å². The van der Waals surface area contributed by atoms with Crippen LogP contribution in [0.25, 0.3) is 0 Å². The van der Waals surface area contributed by atoms with Crippen molar-refractivity contribution in [3.63, 3.8) is 0 Å². The van der Waals surface area contributed by atoms with Crippen LogP contribution in [0.3, 0.4) is 0 Å². The van der Waals surface area contributed by atoms with Gasteiger partial charge >= 0.3 is 0 Å². The molecule has 1 atom stereocenters. The first-order valence-corrected chi connectivity index (χ1v) is 6.63. The molecular formula is C14H16ClFN2O2. The Labute approximate surface area is 121 Å². The van der Waals surface area contributed by atoms with E-state index in [0.29, 0.717) is 10.6 Å². The van der Waals surface area contributed by atoms with E-state index in [1.54, 1.807) is 22.9 Å². The number of hydrogen-bond donors (Lipinski definition) is 1. The van der Waals surface area contributed by atoms with Gasteiger partial charge in [-0.25, -0.2) is 4.39 Å². The molecule has 0 unspecified atom stereocenters. The molecule has 6 heteroatoms. The minimum Gasteiger partial charge on any atom is -0.389 e. The molecule has 0 aliphatic heterocycles. The van der Waals surface area contributed by atoms with Gasteiger partial charge in [-0.2, -0.15) is 5.10 Å². The van der Waals surface area contributed by atoms with Gasteiger partial charge in [-0.1, -0.05) is 29.8 Å². The lowest BCUT2D eigenvalue weighted by atomic mass is 10.2. The SMILES string of the molecule is Cc1c(Cl)cnn1C[C@H](O)COCc1ccccc1F. The van der Waals surface area contributed by atoms with Crippen molar-refractivity contribution in [3.05, 3.63) is 52.6 Å². The van der Waals surface area contributed by atoms with Gasteiger partial charge in [0.2, 0.25) is 0 Å². The first kappa shape index (κ1) is 15.0. The van der Waals surface area contributed by atoms with Gasteiger partial charge in [0.25, 0.3) is 0 Å². The lowest BCUT2D eigenvalue weighted by molar-refractivity contribution is 0.0175. The molecule has 4 nitrogen and oxygen atoms in total. The smallest absolute Gasteiger partial charge is 0.128 e. The minimum atomic E-state index is -0.726.